The van der Waals surface area contributed by atoms with Crippen molar-refractivity contribution in [2.45, 2.75) is 0 Å². The van der Waals surface area contributed by atoms with Crippen LogP contribution in [-0.2, 0) is 0 Å². The van der Waals surface area contributed by atoms with Gasteiger partial charge in [0.2, 0.25) is 0 Å². The molecule has 3 nitrogen and oxygen atoms in total. The quantitative estimate of drug-likeness (QED) is 0.238. The summed E-state index contributed by atoms with van der Waals surface area (Å²) in [6, 6.07) is 51.8. The average molecular weight is 498 g/mol. The third kappa shape index (κ3) is 4.62. The van der Waals surface area contributed by atoms with E-state index in [4.69, 9.17) is 0 Å². The largest absolute Gasteiger partial charge is 0.310 e. The number of anilines is 3. The zero-order valence-electron chi connectivity index (χ0n) is 21.1. The minimum atomic E-state index is 0.384. The van der Waals surface area contributed by atoms with E-state index in [1.807, 2.05) is 12.1 Å². The van der Waals surface area contributed by atoms with Crippen LogP contribution in [0.4, 0.5) is 17.1 Å². The summed E-state index contributed by atoms with van der Waals surface area (Å²) in [6.45, 7) is 0. The summed E-state index contributed by atoms with van der Waals surface area (Å²) in [6.07, 6.45) is 0. The first-order valence-electron chi connectivity index (χ1n) is 12.7. The molecule has 6 rings (SSSR count). The Balaban J connectivity index is 1.45. The minimum absolute atomic E-state index is 0.384. The van der Waals surface area contributed by atoms with Gasteiger partial charge in [-0.2, -0.15) is 10.5 Å². The maximum atomic E-state index is 9.46. The molecular weight excluding hydrogens is 474 g/mol. The molecule has 0 spiro atoms. The zero-order valence-corrected chi connectivity index (χ0v) is 21.1. The summed E-state index contributed by atoms with van der Waals surface area (Å²) in [5.41, 5.74) is 8.19. The number of rotatable bonds is 5. The topological polar surface area (TPSA) is 50.8 Å². The van der Waals surface area contributed by atoms with Crippen molar-refractivity contribution in [3.05, 3.63) is 151 Å². The summed E-state index contributed by atoms with van der Waals surface area (Å²) in [4.78, 5) is 2.28. The van der Waals surface area contributed by atoms with Crippen molar-refractivity contribution in [3.63, 3.8) is 0 Å². The number of fused-ring (bicyclic) bond motifs is 1. The number of nitriles is 2. The Morgan fingerprint density at radius 2 is 0.974 bits per heavy atom. The Morgan fingerprint density at radius 3 is 1.64 bits per heavy atom. The third-order valence-electron chi connectivity index (χ3n) is 6.96. The van der Waals surface area contributed by atoms with E-state index in [1.54, 1.807) is 12.1 Å². The molecule has 6 aromatic carbocycles. The Labute approximate surface area is 228 Å². The highest BCUT2D eigenvalue weighted by molar-refractivity contribution is 5.99. The second kappa shape index (κ2) is 10.4. The molecule has 0 aliphatic rings. The van der Waals surface area contributed by atoms with Crippen molar-refractivity contribution in [1.29, 1.82) is 10.5 Å². The molecule has 0 aromatic heterocycles. The Hall–Kier alpha value is -5.64. The lowest BCUT2D eigenvalue weighted by atomic mass is 9.99. The molecule has 0 aliphatic carbocycles. The van der Waals surface area contributed by atoms with Gasteiger partial charge >= 0.3 is 0 Å². The first-order chi connectivity index (χ1) is 19.2. The van der Waals surface area contributed by atoms with E-state index >= 15 is 0 Å². The van der Waals surface area contributed by atoms with Gasteiger partial charge in [0.15, 0.2) is 0 Å². The van der Waals surface area contributed by atoms with Crippen molar-refractivity contribution >= 4 is 27.8 Å². The number of hydrogen-bond acceptors (Lipinski definition) is 3. The fourth-order valence-electron chi connectivity index (χ4n) is 4.98. The Morgan fingerprint density at radius 1 is 0.436 bits per heavy atom. The molecule has 0 unspecified atom stereocenters. The van der Waals surface area contributed by atoms with Crippen molar-refractivity contribution in [1.82, 2.24) is 0 Å². The van der Waals surface area contributed by atoms with Crippen LogP contribution in [0.1, 0.15) is 11.1 Å². The molecule has 6 aromatic rings. The first kappa shape index (κ1) is 23.7. The first-order valence-corrected chi connectivity index (χ1v) is 12.7. The predicted molar refractivity (Wildman–Crippen MR) is 159 cm³/mol. The predicted octanol–water partition coefficient (Wildman–Crippen LogP) is 9.39. The molecule has 0 atom stereocenters. The number of hydrogen-bond donors (Lipinski definition) is 0. The lowest BCUT2D eigenvalue weighted by Gasteiger charge is -2.27. The monoisotopic (exact) mass is 497 g/mol. The fourth-order valence-corrected chi connectivity index (χ4v) is 4.98. The van der Waals surface area contributed by atoms with Gasteiger partial charge in [0.1, 0.15) is 12.1 Å². The molecule has 0 N–H and O–H groups in total. The van der Waals surface area contributed by atoms with Crippen molar-refractivity contribution < 1.29 is 0 Å². The van der Waals surface area contributed by atoms with Gasteiger partial charge in [0.25, 0.3) is 0 Å². The molecule has 0 bridgehead atoms. The summed E-state index contributed by atoms with van der Waals surface area (Å²) in [5.74, 6) is 0. The molecule has 182 valence electrons. The van der Waals surface area contributed by atoms with Crippen LogP contribution >= 0.6 is 0 Å². The van der Waals surface area contributed by atoms with E-state index in [-0.39, 0.29) is 0 Å². The van der Waals surface area contributed by atoms with Gasteiger partial charge in [-0.3, -0.25) is 0 Å². The van der Waals surface area contributed by atoms with E-state index in [2.05, 4.69) is 132 Å². The average Bonchev–Trinajstić information content (AvgIpc) is 3.02. The van der Waals surface area contributed by atoms with Crippen LogP contribution in [0.15, 0.2) is 140 Å². The van der Waals surface area contributed by atoms with Crippen LogP contribution in [0, 0.1) is 22.7 Å². The zero-order chi connectivity index (χ0) is 26.6. The fraction of sp³-hybridized carbons (Fsp3) is 0. The van der Waals surface area contributed by atoms with Crippen LogP contribution in [0.3, 0.4) is 0 Å². The van der Waals surface area contributed by atoms with Gasteiger partial charge in [-0.15, -0.1) is 0 Å². The van der Waals surface area contributed by atoms with Crippen LogP contribution in [0.25, 0.3) is 33.0 Å². The van der Waals surface area contributed by atoms with Crippen LogP contribution < -0.4 is 4.90 Å². The molecule has 3 heteroatoms. The molecule has 0 amide bonds. The molecule has 39 heavy (non-hydrogen) atoms. The van der Waals surface area contributed by atoms with Crippen LogP contribution in [0.5, 0.6) is 0 Å². The smallest absolute Gasteiger partial charge is 0.101 e. The van der Waals surface area contributed by atoms with Crippen LogP contribution in [-0.4, -0.2) is 0 Å². The normalized spacial score (nSPS) is 10.5. The maximum absolute atomic E-state index is 9.46. The van der Waals surface area contributed by atoms with Gasteiger partial charge in [0, 0.05) is 16.8 Å². The summed E-state index contributed by atoms with van der Waals surface area (Å²) >= 11 is 0. The van der Waals surface area contributed by atoms with E-state index < -0.39 is 0 Å². The third-order valence-corrected chi connectivity index (χ3v) is 6.96. The van der Waals surface area contributed by atoms with E-state index in [0.717, 1.165) is 28.2 Å². The lowest BCUT2D eigenvalue weighted by molar-refractivity contribution is 1.30. The highest BCUT2D eigenvalue weighted by Gasteiger charge is 2.16. The van der Waals surface area contributed by atoms with E-state index in [9.17, 15) is 10.5 Å². The number of benzene rings is 6. The van der Waals surface area contributed by atoms with E-state index in [1.165, 1.54) is 21.9 Å². The Bertz CT molecular complexity index is 1850. The summed E-state index contributed by atoms with van der Waals surface area (Å²) in [7, 11) is 0. The molecule has 0 saturated heterocycles. The van der Waals surface area contributed by atoms with Crippen molar-refractivity contribution in [3.8, 4) is 34.4 Å². The van der Waals surface area contributed by atoms with Gasteiger partial charge in [0.05, 0.1) is 16.8 Å². The molecule has 0 radical (unpaired) electrons. The molecule has 0 saturated carbocycles. The maximum Gasteiger partial charge on any atom is 0.101 e. The second-order valence-electron chi connectivity index (χ2n) is 9.28. The molecule has 0 aliphatic heterocycles. The molecular formula is C36H23N3. The standard InChI is InChI=1S/C36H23N3/c37-24-31-14-13-30(23-32(31)25-38)28-17-21-34(22-18-28)39(36-12-6-10-29-9-4-5-11-35(29)36)33-19-15-27(16-20-33)26-7-2-1-3-8-26/h1-23H. The highest BCUT2D eigenvalue weighted by atomic mass is 15.1. The van der Waals surface area contributed by atoms with Gasteiger partial charge in [-0.25, -0.2) is 0 Å². The Kier molecular flexibility index (Phi) is 6.32. The minimum Gasteiger partial charge on any atom is -0.310 e. The van der Waals surface area contributed by atoms with Gasteiger partial charge in [-0.1, -0.05) is 97.1 Å². The second-order valence-corrected chi connectivity index (χ2v) is 9.28. The summed E-state index contributed by atoms with van der Waals surface area (Å²) < 4.78 is 0. The van der Waals surface area contributed by atoms with Gasteiger partial charge < -0.3 is 4.90 Å². The van der Waals surface area contributed by atoms with Crippen LogP contribution in [0.2, 0.25) is 0 Å². The van der Waals surface area contributed by atoms with E-state index in [0.29, 0.717) is 11.1 Å². The SMILES string of the molecule is N#Cc1ccc(-c2ccc(N(c3ccc(-c4ccccc4)cc3)c3cccc4ccccc34)cc2)cc1C#N. The molecule has 0 fully saturated rings. The van der Waals surface area contributed by atoms with Crippen molar-refractivity contribution in [2.24, 2.45) is 0 Å². The number of nitrogens with zero attached hydrogens (tertiary/aromatic N) is 3. The van der Waals surface area contributed by atoms with Crippen molar-refractivity contribution in [2.75, 3.05) is 4.90 Å². The highest BCUT2D eigenvalue weighted by Crippen LogP contribution is 2.40. The van der Waals surface area contributed by atoms with Gasteiger partial charge in [-0.05, 0) is 70.1 Å². The lowest BCUT2D eigenvalue weighted by Crippen LogP contribution is -2.10. The molecule has 0 heterocycles. The summed E-state index contributed by atoms with van der Waals surface area (Å²) in [5, 5.41) is 21.1.